The first-order valence-corrected chi connectivity index (χ1v) is 7.03. The summed E-state index contributed by atoms with van der Waals surface area (Å²) in [5.41, 5.74) is 0. The number of piperazine rings is 1. The number of rotatable bonds is 5. The molecule has 0 radical (unpaired) electrons. The van der Waals surface area contributed by atoms with Crippen LogP contribution in [0.3, 0.4) is 0 Å². The van der Waals surface area contributed by atoms with E-state index >= 15 is 0 Å². The highest BCUT2D eigenvalue weighted by molar-refractivity contribution is 9.10. The molecule has 6 heteroatoms. The van der Waals surface area contributed by atoms with Crippen LogP contribution in [0.5, 0.6) is 0 Å². The standard InChI is InChI=1S/C12H18BrFN4/c13-10-8-11(14)12(17-9-10)16-2-1-5-18-6-3-15-4-7-18/h8-9,15H,1-7H2,(H,16,17). The minimum absolute atomic E-state index is 0.313. The molecule has 0 aliphatic carbocycles. The molecule has 1 saturated heterocycles. The van der Waals surface area contributed by atoms with E-state index in [1.807, 2.05) is 0 Å². The molecule has 1 aliphatic heterocycles. The van der Waals surface area contributed by atoms with Crippen molar-refractivity contribution >= 4 is 21.7 Å². The summed E-state index contributed by atoms with van der Waals surface area (Å²) in [6.07, 6.45) is 2.60. The number of hydrogen-bond donors (Lipinski definition) is 2. The van der Waals surface area contributed by atoms with Gasteiger partial charge in [0.05, 0.1) is 0 Å². The van der Waals surface area contributed by atoms with Crippen LogP contribution < -0.4 is 10.6 Å². The summed E-state index contributed by atoms with van der Waals surface area (Å²) in [6, 6.07) is 1.42. The third-order valence-electron chi connectivity index (χ3n) is 2.96. The molecule has 1 fully saturated rings. The summed E-state index contributed by atoms with van der Waals surface area (Å²) in [5.74, 6) is 0.0186. The van der Waals surface area contributed by atoms with Gasteiger partial charge in [-0.25, -0.2) is 9.37 Å². The fraction of sp³-hybridized carbons (Fsp3) is 0.583. The van der Waals surface area contributed by atoms with E-state index in [2.05, 4.69) is 36.4 Å². The van der Waals surface area contributed by atoms with Gasteiger partial charge >= 0.3 is 0 Å². The molecule has 0 spiro atoms. The van der Waals surface area contributed by atoms with E-state index in [1.54, 1.807) is 6.20 Å². The Labute approximate surface area is 115 Å². The van der Waals surface area contributed by atoms with Gasteiger partial charge in [0.15, 0.2) is 11.6 Å². The first kappa shape index (κ1) is 13.7. The van der Waals surface area contributed by atoms with Crippen LogP contribution in [0.25, 0.3) is 0 Å². The number of aromatic nitrogens is 1. The Balaban J connectivity index is 1.68. The fourth-order valence-electron chi connectivity index (χ4n) is 1.99. The Bertz CT molecular complexity index is 382. The summed E-state index contributed by atoms with van der Waals surface area (Å²) >= 11 is 3.19. The molecule has 2 N–H and O–H groups in total. The van der Waals surface area contributed by atoms with E-state index in [-0.39, 0.29) is 5.82 Å². The maximum Gasteiger partial charge on any atom is 0.166 e. The van der Waals surface area contributed by atoms with Crippen LogP contribution in [-0.4, -0.2) is 49.2 Å². The van der Waals surface area contributed by atoms with Crippen LogP contribution in [0.2, 0.25) is 0 Å². The fourth-order valence-corrected chi connectivity index (χ4v) is 2.29. The lowest BCUT2D eigenvalue weighted by molar-refractivity contribution is 0.240. The van der Waals surface area contributed by atoms with Gasteiger partial charge in [-0.1, -0.05) is 0 Å². The molecule has 0 atom stereocenters. The number of halogens is 2. The number of anilines is 1. The summed E-state index contributed by atoms with van der Waals surface area (Å²) in [7, 11) is 0. The van der Waals surface area contributed by atoms with Crippen LogP contribution in [0.4, 0.5) is 10.2 Å². The summed E-state index contributed by atoms with van der Waals surface area (Å²) in [6.45, 7) is 6.13. The van der Waals surface area contributed by atoms with Crippen LogP contribution in [0.1, 0.15) is 6.42 Å². The predicted molar refractivity (Wildman–Crippen MR) is 74.3 cm³/mol. The molecular weight excluding hydrogens is 299 g/mol. The van der Waals surface area contributed by atoms with Gasteiger partial charge in [-0.3, -0.25) is 0 Å². The van der Waals surface area contributed by atoms with E-state index in [1.165, 1.54) is 6.07 Å². The van der Waals surface area contributed by atoms with Crippen LogP contribution in [-0.2, 0) is 0 Å². The zero-order valence-corrected chi connectivity index (χ0v) is 11.8. The van der Waals surface area contributed by atoms with Crippen molar-refractivity contribution in [1.29, 1.82) is 0 Å². The van der Waals surface area contributed by atoms with Crippen molar-refractivity contribution in [2.24, 2.45) is 0 Å². The molecule has 18 heavy (non-hydrogen) atoms. The molecule has 1 aromatic rings. The predicted octanol–water partition coefficient (Wildman–Crippen LogP) is 1.69. The maximum atomic E-state index is 13.5. The van der Waals surface area contributed by atoms with Crippen molar-refractivity contribution in [3.05, 3.63) is 22.6 Å². The maximum absolute atomic E-state index is 13.5. The molecule has 1 aliphatic rings. The number of pyridine rings is 1. The van der Waals surface area contributed by atoms with Gasteiger partial charge in [-0.2, -0.15) is 0 Å². The lowest BCUT2D eigenvalue weighted by atomic mass is 10.3. The number of hydrogen-bond acceptors (Lipinski definition) is 4. The molecule has 2 rings (SSSR count). The minimum atomic E-state index is -0.313. The van der Waals surface area contributed by atoms with Crippen molar-refractivity contribution in [2.75, 3.05) is 44.6 Å². The monoisotopic (exact) mass is 316 g/mol. The zero-order valence-electron chi connectivity index (χ0n) is 10.3. The SMILES string of the molecule is Fc1cc(Br)cnc1NCCCN1CCNCC1. The number of nitrogens with one attached hydrogen (secondary N) is 2. The van der Waals surface area contributed by atoms with Gasteiger partial charge in [0.25, 0.3) is 0 Å². The van der Waals surface area contributed by atoms with E-state index < -0.39 is 0 Å². The minimum Gasteiger partial charge on any atom is -0.368 e. The molecule has 1 aromatic heterocycles. The first-order valence-electron chi connectivity index (χ1n) is 6.24. The highest BCUT2D eigenvalue weighted by Crippen LogP contribution is 2.15. The van der Waals surface area contributed by atoms with E-state index in [4.69, 9.17) is 0 Å². The summed E-state index contributed by atoms with van der Waals surface area (Å²) < 4.78 is 14.1. The quantitative estimate of drug-likeness (QED) is 0.811. The highest BCUT2D eigenvalue weighted by Gasteiger charge is 2.08. The van der Waals surface area contributed by atoms with Crippen molar-refractivity contribution < 1.29 is 4.39 Å². The second-order valence-corrected chi connectivity index (χ2v) is 5.27. The molecule has 0 saturated carbocycles. The van der Waals surface area contributed by atoms with Gasteiger partial charge < -0.3 is 15.5 Å². The lowest BCUT2D eigenvalue weighted by Gasteiger charge is -2.27. The molecule has 0 amide bonds. The highest BCUT2D eigenvalue weighted by atomic mass is 79.9. The topological polar surface area (TPSA) is 40.2 Å². The average Bonchev–Trinajstić information content (AvgIpc) is 2.38. The van der Waals surface area contributed by atoms with Crippen molar-refractivity contribution in [1.82, 2.24) is 15.2 Å². The largest absolute Gasteiger partial charge is 0.368 e. The Morgan fingerprint density at radius 2 is 2.22 bits per heavy atom. The zero-order chi connectivity index (χ0) is 12.8. The third-order valence-corrected chi connectivity index (χ3v) is 3.39. The molecule has 2 heterocycles. The van der Waals surface area contributed by atoms with Gasteiger partial charge in [-0.05, 0) is 35.0 Å². The lowest BCUT2D eigenvalue weighted by Crippen LogP contribution is -2.44. The molecule has 0 unspecified atom stereocenters. The van der Waals surface area contributed by atoms with Crippen LogP contribution in [0.15, 0.2) is 16.7 Å². The van der Waals surface area contributed by atoms with Gasteiger partial charge in [0.2, 0.25) is 0 Å². The third kappa shape index (κ3) is 4.19. The smallest absolute Gasteiger partial charge is 0.166 e. The molecular formula is C12H18BrFN4. The van der Waals surface area contributed by atoms with E-state index in [0.717, 1.165) is 45.7 Å². The molecule has 0 aromatic carbocycles. The van der Waals surface area contributed by atoms with Crippen LogP contribution in [0, 0.1) is 5.82 Å². The molecule has 0 bridgehead atoms. The van der Waals surface area contributed by atoms with Crippen molar-refractivity contribution in [3.8, 4) is 0 Å². The average molecular weight is 317 g/mol. The Kier molecular flexibility index (Phi) is 5.34. The first-order chi connectivity index (χ1) is 8.75. The van der Waals surface area contributed by atoms with Crippen molar-refractivity contribution in [3.63, 3.8) is 0 Å². The normalized spacial score (nSPS) is 16.8. The van der Waals surface area contributed by atoms with Gasteiger partial charge in [0, 0.05) is 43.4 Å². The van der Waals surface area contributed by atoms with E-state index in [9.17, 15) is 4.39 Å². The number of nitrogens with zero attached hydrogens (tertiary/aromatic N) is 2. The second-order valence-electron chi connectivity index (χ2n) is 4.36. The Morgan fingerprint density at radius 1 is 1.44 bits per heavy atom. The second kappa shape index (κ2) is 7.01. The Hall–Kier alpha value is -0.720. The Morgan fingerprint density at radius 3 is 2.94 bits per heavy atom. The van der Waals surface area contributed by atoms with E-state index in [0.29, 0.717) is 10.3 Å². The van der Waals surface area contributed by atoms with Gasteiger partial charge in [0.1, 0.15) is 0 Å². The molecule has 100 valence electrons. The van der Waals surface area contributed by atoms with Gasteiger partial charge in [-0.15, -0.1) is 0 Å². The van der Waals surface area contributed by atoms with Crippen LogP contribution >= 0.6 is 15.9 Å². The van der Waals surface area contributed by atoms with Crippen molar-refractivity contribution in [2.45, 2.75) is 6.42 Å². The summed E-state index contributed by atoms with van der Waals surface area (Å²) in [4.78, 5) is 6.43. The summed E-state index contributed by atoms with van der Waals surface area (Å²) in [5, 5.41) is 6.35. The molecule has 4 nitrogen and oxygen atoms in total.